The van der Waals surface area contributed by atoms with E-state index in [9.17, 15) is 9.18 Å². The van der Waals surface area contributed by atoms with Crippen LogP contribution >= 0.6 is 11.8 Å². The number of anilines is 1. The van der Waals surface area contributed by atoms with Crippen LogP contribution in [-0.2, 0) is 4.79 Å². The minimum atomic E-state index is -0.485. The number of methoxy groups -OCH3 is 1. The highest BCUT2D eigenvalue weighted by Gasteiger charge is 2.19. The third kappa shape index (κ3) is 4.17. The quantitative estimate of drug-likeness (QED) is 0.669. The molecular weight excluding hydrogens is 357 g/mol. The van der Waals surface area contributed by atoms with Crippen LogP contribution in [0, 0.1) is 5.82 Å². The zero-order valence-corrected chi connectivity index (χ0v) is 14.9. The number of halogens is 1. The molecule has 1 aromatic heterocycles. The van der Waals surface area contributed by atoms with Crippen LogP contribution in [0.1, 0.15) is 6.92 Å². The highest BCUT2D eigenvalue weighted by atomic mass is 32.2. The summed E-state index contributed by atoms with van der Waals surface area (Å²) in [7, 11) is 1.59. The molecule has 0 aliphatic carbocycles. The smallest absolute Gasteiger partial charge is 0.237 e. The maximum Gasteiger partial charge on any atom is 0.237 e. The summed E-state index contributed by atoms with van der Waals surface area (Å²) in [6.45, 7) is 1.73. The molecule has 0 saturated carbocycles. The number of thioether (sulfide) groups is 1. The van der Waals surface area contributed by atoms with Crippen molar-refractivity contribution in [2.75, 3.05) is 12.4 Å². The van der Waals surface area contributed by atoms with Crippen molar-refractivity contribution in [1.82, 2.24) is 20.2 Å². The first-order valence-corrected chi connectivity index (χ1v) is 8.60. The number of hydrogen-bond donors (Lipinski definition) is 1. The molecule has 0 bridgehead atoms. The first-order chi connectivity index (χ1) is 12.6. The van der Waals surface area contributed by atoms with E-state index >= 15 is 0 Å². The predicted octanol–water partition coefficient (Wildman–Crippen LogP) is 2.93. The SMILES string of the molecule is COc1ccc(-n2nnnc2S[C@H](C)C(=O)Nc2cccc(F)c2)cc1. The van der Waals surface area contributed by atoms with E-state index in [4.69, 9.17) is 4.74 Å². The Hall–Kier alpha value is -2.94. The van der Waals surface area contributed by atoms with Crippen molar-refractivity contribution in [3.8, 4) is 11.4 Å². The molecule has 0 spiro atoms. The lowest BCUT2D eigenvalue weighted by atomic mass is 10.3. The fraction of sp³-hybridized carbons (Fsp3) is 0.176. The fourth-order valence-electron chi connectivity index (χ4n) is 2.16. The van der Waals surface area contributed by atoms with Gasteiger partial charge in [0.25, 0.3) is 0 Å². The first kappa shape index (κ1) is 17.9. The molecule has 0 radical (unpaired) electrons. The molecule has 3 rings (SSSR count). The highest BCUT2D eigenvalue weighted by Crippen LogP contribution is 2.24. The number of aromatic nitrogens is 4. The summed E-state index contributed by atoms with van der Waals surface area (Å²) in [6.07, 6.45) is 0. The van der Waals surface area contributed by atoms with Gasteiger partial charge in [0.2, 0.25) is 11.1 Å². The topological polar surface area (TPSA) is 81.9 Å². The van der Waals surface area contributed by atoms with Crippen molar-refractivity contribution >= 4 is 23.4 Å². The van der Waals surface area contributed by atoms with Gasteiger partial charge in [-0.3, -0.25) is 4.79 Å². The van der Waals surface area contributed by atoms with Crippen LogP contribution in [0.2, 0.25) is 0 Å². The number of tetrazole rings is 1. The van der Waals surface area contributed by atoms with E-state index in [-0.39, 0.29) is 5.91 Å². The molecule has 0 aliphatic rings. The molecule has 134 valence electrons. The number of carbonyl (C=O) groups excluding carboxylic acids is 1. The second-order valence-electron chi connectivity index (χ2n) is 5.33. The number of amides is 1. The van der Waals surface area contributed by atoms with Crippen LogP contribution in [0.25, 0.3) is 5.69 Å². The molecule has 1 amide bonds. The number of carbonyl (C=O) groups is 1. The maximum absolute atomic E-state index is 13.2. The summed E-state index contributed by atoms with van der Waals surface area (Å²) < 4.78 is 19.9. The monoisotopic (exact) mass is 373 g/mol. The lowest BCUT2D eigenvalue weighted by Gasteiger charge is -2.12. The van der Waals surface area contributed by atoms with Crippen LogP contribution in [-0.4, -0.2) is 38.5 Å². The molecule has 0 saturated heterocycles. The lowest BCUT2D eigenvalue weighted by Crippen LogP contribution is -2.23. The number of nitrogens with one attached hydrogen (secondary N) is 1. The van der Waals surface area contributed by atoms with Crippen molar-refractivity contribution in [1.29, 1.82) is 0 Å². The molecule has 1 atom stereocenters. The third-order valence-electron chi connectivity index (χ3n) is 3.50. The normalized spacial score (nSPS) is 11.8. The van der Waals surface area contributed by atoms with E-state index in [0.29, 0.717) is 10.8 Å². The molecule has 9 heteroatoms. The average molecular weight is 373 g/mol. The second kappa shape index (κ2) is 7.96. The molecule has 26 heavy (non-hydrogen) atoms. The van der Waals surface area contributed by atoms with Crippen molar-refractivity contribution < 1.29 is 13.9 Å². The molecule has 0 aliphatic heterocycles. The van der Waals surface area contributed by atoms with Crippen molar-refractivity contribution in [3.05, 3.63) is 54.3 Å². The summed E-state index contributed by atoms with van der Waals surface area (Å²) in [4.78, 5) is 12.3. The standard InChI is InChI=1S/C17H16FN5O2S/c1-11(16(24)19-13-5-3-4-12(18)10-13)26-17-20-21-22-23(17)14-6-8-15(25-2)9-7-14/h3-11H,1-2H3,(H,19,24)/t11-/m1/s1. The van der Waals surface area contributed by atoms with Gasteiger partial charge in [-0.2, -0.15) is 4.68 Å². The predicted molar refractivity (Wildman–Crippen MR) is 96.1 cm³/mol. The first-order valence-electron chi connectivity index (χ1n) is 7.72. The Kier molecular flexibility index (Phi) is 5.47. The molecule has 7 nitrogen and oxygen atoms in total. The van der Waals surface area contributed by atoms with Crippen molar-refractivity contribution in [2.45, 2.75) is 17.3 Å². The van der Waals surface area contributed by atoms with Crippen molar-refractivity contribution in [3.63, 3.8) is 0 Å². The van der Waals surface area contributed by atoms with Gasteiger partial charge in [-0.1, -0.05) is 17.8 Å². The van der Waals surface area contributed by atoms with Gasteiger partial charge in [-0.05, 0) is 59.8 Å². The summed E-state index contributed by atoms with van der Waals surface area (Å²) in [5.74, 6) is 0.0373. The number of ether oxygens (including phenoxy) is 1. The summed E-state index contributed by atoms with van der Waals surface area (Å²) >= 11 is 1.20. The minimum Gasteiger partial charge on any atom is -0.497 e. The Morgan fingerprint density at radius 3 is 2.73 bits per heavy atom. The van der Waals surface area contributed by atoms with E-state index in [0.717, 1.165) is 11.4 Å². The molecule has 3 aromatic rings. The zero-order chi connectivity index (χ0) is 18.5. The summed E-state index contributed by atoms with van der Waals surface area (Å²) in [5.41, 5.74) is 1.15. The Bertz CT molecular complexity index is 900. The van der Waals surface area contributed by atoms with Crippen LogP contribution < -0.4 is 10.1 Å². The Balaban J connectivity index is 1.70. The van der Waals surface area contributed by atoms with E-state index in [1.54, 1.807) is 32.2 Å². The van der Waals surface area contributed by atoms with Gasteiger partial charge >= 0.3 is 0 Å². The van der Waals surface area contributed by atoms with Gasteiger partial charge in [0.05, 0.1) is 18.0 Å². The van der Waals surface area contributed by atoms with E-state index in [1.165, 1.54) is 34.6 Å². The second-order valence-corrected chi connectivity index (χ2v) is 6.64. The largest absolute Gasteiger partial charge is 0.497 e. The Labute approximate surface area is 153 Å². The Morgan fingerprint density at radius 2 is 2.04 bits per heavy atom. The zero-order valence-electron chi connectivity index (χ0n) is 14.1. The third-order valence-corrected chi connectivity index (χ3v) is 4.53. The van der Waals surface area contributed by atoms with Gasteiger partial charge in [0.15, 0.2) is 0 Å². The number of benzene rings is 2. The van der Waals surface area contributed by atoms with E-state index in [1.807, 2.05) is 12.1 Å². The van der Waals surface area contributed by atoms with Crippen LogP contribution in [0.4, 0.5) is 10.1 Å². The minimum absolute atomic E-state index is 0.273. The van der Waals surface area contributed by atoms with E-state index < -0.39 is 11.1 Å². The molecule has 0 fully saturated rings. The number of rotatable bonds is 6. The molecule has 1 heterocycles. The molecule has 2 aromatic carbocycles. The van der Waals surface area contributed by atoms with Crippen LogP contribution in [0.3, 0.4) is 0 Å². The van der Waals surface area contributed by atoms with Gasteiger partial charge < -0.3 is 10.1 Å². The lowest BCUT2D eigenvalue weighted by molar-refractivity contribution is -0.115. The van der Waals surface area contributed by atoms with Crippen molar-refractivity contribution in [2.24, 2.45) is 0 Å². The van der Waals surface area contributed by atoms with E-state index in [2.05, 4.69) is 20.8 Å². The fourth-order valence-corrected chi connectivity index (χ4v) is 2.97. The van der Waals surface area contributed by atoms with Gasteiger partial charge in [-0.25, -0.2) is 4.39 Å². The number of nitrogens with zero attached hydrogens (tertiary/aromatic N) is 4. The van der Waals surface area contributed by atoms with Crippen LogP contribution in [0.15, 0.2) is 53.7 Å². The summed E-state index contributed by atoms with van der Waals surface area (Å²) in [6, 6.07) is 13.0. The van der Waals surface area contributed by atoms with Gasteiger partial charge in [-0.15, -0.1) is 5.10 Å². The molecule has 1 N–H and O–H groups in total. The summed E-state index contributed by atoms with van der Waals surface area (Å²) in [5, 5.41) is 14.3. The average Bonchev–Trinajstić information content (AvgIpc) is 3.10. The van der Waals surface area contributed by atoms with Gasteiger partial charge in [0, 0.05) is 5.69 Å². The molecular formula is C17H16FN5O2S. The van der Waals surface area contributed by atoms with Crippen LogP contribution in [0.5, 0.6) is 5.75 Å². The number of hydrogen-bond acceptors (Lipinski definition) is 6. The highest BCUT2D eigenvalue weighted by molar-refractivity contribution is 8.00. The molecule has 0 unspecified atom stereocenters. The Morgan fingerprint density at radius 1 is 1.27 bits per heavy atom. The van der Waals surface area contributed by atoms with Gasteiger partial charge in [0.1, 0.15) is 11.6 Å². The maximum atomic E-state index is 13.2.